The Balaban J connectivity index is 2.29. The maximum Gasteiger partial charge on any atom is 0.170 e. The molecule has 0 aliphatic heterocycles. The van der Waals surface area contributed by atoms with Crippen LogP contribution in [0.25, 0.3) is 0 Å². The summed E-state index contributed by atoms with van der Waals surface area (Å²) in [6.45, 7) is 6.05. The molecule has 18 heavy (non-hydrogen) atoms. The summed E-state index contributed by atoms with van der Waals surface area (Å²) in [6, 6.07) is 15.9. The van der Waals surface area contributed by atoms with Crippen LogP contribution in [0.3, 0.4) is 0 Å². The van der Waals surface area contributed by atoms with E-state index in [-0.39, 0.29) is 11.7 Å². The van der Waals surface area contributed by atoms with Crippen LogP contribution in [0.15, 0.2) is 48.5 Å². The molecule has 1 atom stereocenters. The highest BCUT2D eigenvalue weighted by atomic mass is 16.1. The van der Waals surface area contributed by atoms with Crippen molar-refractivity contribution in [3.05, 3.63) is 70.8 Å². The van der Waals surface area contributed by atoms with Crippen molar-refractivity contribution in [2.45, 2.75) is 26.7 Å². The van der Waals surface area contributed by atoms with E-state index in [9.17, 15) is 4.79 Å². The van der Waals surface area contributed by atoms with Gasteiger partial charge in [-0.15, -0.1) is 0 Å². The van der Waals surface area contributed by atoms with Crippen LogP contribution >= 0.6 is 0 Å². The minimum atomic E-state index is -0.0890. The van der Waals surface area contributed by atoms with Gasteiger partial charge in [-0.3, -0.25) is 4.79 Å². The van der Waals surface area contributed by atoms with Crippen molar-refractivity contribution in [1.29, 1.82) is 0 Å². The highest BCUT2D eigenvalue weighted by molar-refractivity contribution is 6.00. The topological polar surface area (TPSA) is 17.1 Å². The summed E-state index contributed by atoms with van der Waals surface area (Å²) in [5, 5.41) is 0. The first-order valence-electron chi connectivity index (χ1n) is 6.26. The molecule has 2 rings (SSSR count). The average molecular weight is 238 g/mol. The normalized spacial score (nSPS) is 12.2. The molecule has 0 aliphatic rings. The fourth-order valence-electron chi connectivity index (χ4n) is 2.18. The summed E-state index contributed by atoms with van der Waals surface area (Å²) >= 11 is 0. The van der Waals surface area contributed by atoms with Crippen molar-refractivity contribution in [3.8, 4) is 0 Å². The molecule has 0 unspecified atom stereocenters. The Morgan fingerprint density at radius 1 is 0.944 bits per heavy atom. The Hall–Kier alpha value is -1.89. The van der Waals surface area contributed by atoms with E-state index in [0.717, 1.165) is 11.1 Å². The zero-order valence-corrected chi connectivity index (χ0v) is 11.1. The Morgan fingerprint density at radius 3 is 2.17 bits per heavy atom. The molecule has 2 aromatic rings. The van der Waals surface area contributed by atoms with Crippen molar-refractivity contribution < 1.29 is 4.79 Å². The predicted molar refractivity (Wildman–Crippen MR) is 75.1 cm³/mol. The molecular formula is C17H18O. The number of hydrogen-bond donors (Lipinski definition) is 0. The van der Waals surface area contributed by atoms with Crippen LogP contribution in [0.2, 0.25) is 0 Å². The van der Waals surface area contributed by atoms with Gasteiger partial charge in [0.1, 0.15) is 0 Å². The summed E-state index contributed by atoms with van der Waals surface area (Å²) in [6.07, 6.45) is 0. The lowest BCUT2D eigenvalue weighted by molar-refractivity contribution is 0.0966. The van der Waals surface area contributed by atoms with Gasteiger partial charge >= 0.3 is 0 Å². The maximum atomic E-state index is 12.4. The number of benzene rings is 2. The quantitative estimate of drug-likeness (QED) is 0.729. The fraction of sp³-hybridized carbons (Fsp3) is 0.235. The highest BCUT2D eigenvalue weighted by Crippen LogP contribution is 2.23. The van der Waals surface area contributed by atoms with Crippen LogP contribution in [0.1, 0.15) is 39.9 Å². The Bertz CT molecular complexity index is 552. The van der Waals surface area contributed by atoms with Gasteiger partial charge in [0.25, 0.3) is 0 Å². The van der Waals surface area contributed by atoms with E-state index >= 15 is 0 Å². The van der Waals surface area contributed by atoms with Gasteiger partial charge in [0.2, 0.25) is 0 Å². The van der Waals surface area contributed by atoms with E-state index in [1.165, 1.54) is 11.1 Å². The van der Waals surface area contributed by atoms with Crippen LogP contribution in [0.5, 0.6) is 0 Å². The van der Waals surface area contributed by atoms with E-state index in [1.807, 2.05) is 69.3 Å². The van der Waals surface area contributed by atoms with E-state index in [2.05, 4.69) is 0 Å². The minimum absolute atomic E-state index is 0.0890. The first-order chi connectivity index (χ1) is 8.59. The summed E-state index contributed by atoms with van der Waals surface area (Å²) in [5.41, 5.74) is 4.25. The molecule has 0 N–H and O–H groups in total. The molecule has 1 nitrogen and oxygen atoms in total. The van der Waals surface area contributed by atoms with Crippen molar-refractivity contribution in [1.82, 2.24) is 0 Å². The van der Waals surface area contributed by atoms with Crippen LogP contribution in [0.4, 0.5) is 0 Å². The zero-order chi connectivity index (χ0) is 13.1. The summed E-state index contributed by atoms with van der Waals surface area (Å²) in [7, 11) is 0. The molecule has 0 aromatic heterocycles. The van der Waals surface area contributed by atoms with Gasteiger partial charge in [0, 0.05) is 11.5 Å². The molecular weight excluding hydrogens is 220 g/mol. The number of carbonyl (C=O) groups is 1. The maximum absolute atomic E-state index is 12.4. The van der Waals surface area contributed by atoms with Gasteiger partial charge in [-0.25, -0.2) is 0 Å². The largest absolute Gasteiger partial charge is 0.294 e. The monoisotopic (exact) mass is 238 g/mol. The molecule has 0 radical (unpaired) electrons. The Morgan fingerprint density at radius 2 is 1.56 bits per heavy atom. The third-order valence-electron chi connectivity index (χ3n) is 3.38. The van der Waals surface area contributed by atoms with Crippen molar-refractivity contribution in [2.75, 3.05) is 0 Å². The third-order valence-corrected chi connectivity index (χ3v) is 3.38. The van der Waals surface area contributed by atoms with E-state index in [1.54, 1.807) is 0 Å². The van der Waals surface area contributed by atoms with Crippen LogP contribution in [-0.4, -0.2) is 5.78 Å². The number of ketones is 1. The van der Waals surface area contributed by atoms with Crippen LogP contribution in [-0.2, 0) is 0 Å². The summed E-state index contributed by atoms with van der Waals surface area (Å²) < 4.78 is 0. The van der Waals surface area contributed by atoms with Gasteiger partial charge in [-0.1, -0.05) is 61.0 Å². The molecule has 0 saturated carbocycles. The van der Waals surface area contributed by atoms with E-state index in [0.29, 0.717) is 0 Å². The van der Waals surface area contributed by atoms with Crippen molar-refractivity contribution in [2.24, 2.45) is 0 Å². The molecule has 0 saturated heterocycles. The Kier molecular flexibility index (Phi) is 3.61. The molecule has 0 aliphatic carbocycles. The van der Waals surface area contributed by atoms with Crippen molar-refractivity contribution in [3.63, 3.8) is 0 Å². The first-order valence-corrected chi connectivity index (χ1v) is 6.26. The zero-order valence-electron chi connectivity index (χ0n) is 11.1. The van der Waals surface area contributed by atoms with Crippen LogP contribution < -0.4 is 0 Å². The second-order valence-corrected chi connectivity index (χ2v) is 4.81. The van der Waals surface area contributed by atoms with Crippen molar-refractivity contribution >= 4 is 5.78 Å². The lowest BCUT2D eigenvalue weighted by Gasteiger charge is -2.13. The molecule has 0 fully saturated rings. The standard InChI is InChI=1S/C17H18O/c1-12-8-10-15(11-9-12)17(18)14(3)16-7-5-4-6-13(16)2/h4-11,14H,1-3H3/t14-/m0/s1. The molecule has 0 heterocycles. The van der Waals surface area contributed by atoms with E-state index < -0.39 is 0 Å². The lowest BCUT2D eigenvalue weighted by atomic mass is 9.89. The molecule has 0 amide bonds. The number of aryl methyl sites for hydroxylation is 2. The van der Waals surface area contributed by atoms with Gasteiger partial charge in [0.05, 0.1) is 0 Å². The molecule has 0 spiro atoms. The number of Topliss-reactive ketones (excluding diaryl/α,β-unsaturated/α-hetero) is 1. The second-order valence-electron chi connectivity index (χ2n) is 4.81. The number of hydrogen-bond acceptors (Lipinski definition) is 1. The predicted octanol–water partition coefficient (Wildman–Crippen LogP) is 4.29. The molecule has 2 aromatic carbocycles. The smallest absolute Gasteiger partial charge is 0.170 e. The first kappa shape index (κ1) is 12.6. The second kappa shape index (κ2) is 5.18. The van der Waals surface area contributed by atoms with Gasteiger partial charge in [-0.2, -0.15) is 0 Å². The summed E-state index contributed by atoms with van der Waals surface area (Å²) in [5.74, 6) is 0.0956. The van der Waals surface area contributed by atoms with Gasteiger partial charge in [0.15, 0.2) is 5.78 Å². The molecule has 1 heteroatoms. The number of rotatable bonds is 3. The minimum Gasteiger partial charge on any atom is -0.294 e. The average Bonchev–Trinajstić information content (AvgIpc) is 2.38. The van der Waals surface area contributed by atoms with E-state index in [4.69, 9.17) is 0 Å². The fourth-order valence-corrected chi connectivity index (χ4v) is 2.18. The summed E-state index contributed by atoms with van der Waals surface area (Å²) in [4.78, 5) is 12.4. The molecule has 0 bridgehead atoms. The third kappa shape index (κ3) is 2.51. The lowest BCUT2D eigenvalue weighted by Crippen LogP contribution is -2.10. The Labute approximate surface area is 108 Å². The number of carbonyl (C=O) groups excluding carboxylic acids is 1. The van der Waals surface area contributed by atoms with Gasteiger partial charge in [-0.05, 0) is 25.0 Å². The highest BCUT2D eigenvalue weighted by Gasteiger charge is 2.18. The van der Waals surface area contributed by atoms with Gasteiger partial charge < -0.3 is 0 Å². The SMILES string of the molecule is Cc1ccc(C(=O)[C@@H](C)c2ccccc2C)cc1. The molecule has 92 valence electrons. The van der Waals surface area contributed by atoms with Crippen LogP contribution in [0, 0.1) is 13.8 Å².